The molecule has 0 bridgehead atoms. The Balaban J connectivity index is 0.000000122. The van der Waals surface area contributed by atoms with Gasteiger partial charge in [-0.2, -0.15) is 36.5 Å². The summed E-state index contributed by atoms with van der Waals surface area (Å²) in [5, 5.41) is 25.1. The van der Waals surface area contributed by atoms with Crippen molar-refractivity contribution in [3.63, 3.8) is 0 Å². The highest BCUT2D eigenvalue weighted by molar-refractivity contribution is 9.11. The van der Waals surface area contributed by atoms with E-state index in [1.807, 2.05) is 24.3 Å². The van der Waals surface area contributed by atoms with Crippen LogP contribution in [0.2, 0.25) is 0 Å². The number of carbonyl (C=O) groups is 5. The summed E-state index contributed by atoms with van der Waals surface area (Å²) in [4.78, 5) is 141. The van der Waals surface area contributed by atoms with Gasteiger partial charge in [0.1, 0.15) is 51.0 Å². The fourth-order valence-electron chi connectivity index (χ4n) is 18.0. The first-order chi connectivity index (χ1) is 68.2. The normalized spacial score (nSPS) is 17.3. The number of nitrogens with two attached hydrogens (primary N) is 5. The second kappa shape index (κ2) is 42.9. The van der Waals surface area contributed by atoms with Gasteiger partial charge in [-0.25, -0.2) is 39.6 Å². The van der Waals surface area contributed by atoms with E-state index in [1.165, 1.54) is 68.6 Å². The van der Waals surface area contributed by atoms with E-state index in [0.29, 0.717) is 72.0 Å². The molecular weight excluding hydrogens is 2040 g/mol. The smallest absolute Gasteiger partial charge is 0.369 e. The summed E-state index contributed by atoms with van der Waals surface area (Å²) in [5.74, 6) is -2.09. The van der Waals surface area contributed by atoms with Crippen molar-refractivity contribution in [2.45, 2.75) is 107 Å². The third kappa shape index (κ3) is 22.3. The van der Waals surface area contributed by atoms with Crippen molar-refractivity contribution in [2.24, 2.45) is 42.8 Å². The van der Waals surface area contributed by atoms with Crippen LogP contribution in [0.1, 0.15) is 128 Å². The quantitative estimate of drug-likeness (QED) is 0.0424. The Bertz CT molecular complexity index is 7240. The number of aromatic amines is 5. The summed E-state index contributed by atoms with van der Waals surface area (Å²) in [6, 6.07) is 16.6. The van der Waals surface area contributed by atoms with Gasteiger partial charge >= 0.3 is 12.4 Å². The number of benzene rings is 1. The predicted octanol–water partition coefficient (Wildman–Crippen LogP) is 13.0. The number of anilines is 10. The number of aromatic nitrogens is 19. The number of alkyl halides is 6. The molecule has 5 aliphatic rings. The standard InChI is InChI=1S/C21H20BrN7O.C19H19F3N6O.C18H20BrN7O2.C18H18F3N7O.C17H20BrN7O/c22-13-8-25-20-18(19(13)29-7-3-4-12(23)11-29)16(9-26-20)28-21(30)17-10-24-14-5-1-2-6-15(14)27-17;20-19(21,22)12-8-25-17-15(16(12)28-7-3-4-11(23)10-28)14(9-26-17)27-18(29)13-5-1-2-6-24-13;1-25-14(27)5-4-12(24-25)18(28)23-13-8-22-17-15(13)16(11(19)7-21-17)26-6-2-3-10(20)9-26;19-18(20,21)11-6-25-16-14(15(11)28-5-1-2-10(22)9-28)12(8-26-16)27-17(29)13-7-23-3-4-24-13;1-24-6-4-12(23-24)17(26)22-13-8-21-16-14(13)15(11(18)7-20-16)25-5-2-3-10(19)9-25/h1-2,5-6,8-10,12H,3-4,7,11,23H2,(H,25,26)(H,28,30);1-2,5-6,8-9,11H,3-4,7,10,23H2,(H,25,26)(H,27,29);4-5,7-8,10H,2-3,6,9,20H2,1H3,(H,21,22)(H,23,28);3-4,6-8,10H,1-2,5,9,22H2,(H,25,26)(H,27,29);4,6-8,10H,2-3,5,9,19H2,1H3,(H,20,21)(H,22,26)/t12-;11-;3*10-/m11111/s1. The average molecular weight is 2140 g/mol. The van der Waals surface area contributed by atoms with Crippen molar-refractivity contribution < 1.29 is 50.3 Å². The molecule has 1 aromatic carbocycles. The molecule has 5 saturated heterocycles. The number of pyridine rings is 6. The molecule has 0 saturated carbocycles. The SMILES string of the molecule is Cn1ccc(C(=O)Nc2c[nH]c3ncc(Br)c(N4CCC[C@@H](N)C4)c23)n1.Cn1nc(C(=O)Nc2c[nH]c3ncc(Br)c(N4CCC[C@@H](N)C4)c23)ccc1=O.N[C@@H]1CCCN(c2c(Br)cnc3[nH]cc(NC(=O)c4cnc5ccccc5n4)c23)C1.N[C@@H]1CCCN(c2c(C(F)(F)F)cnc3[nH]cc(NC(=O)c4ccccn4)c23)C1.N[C@@H]1CCCN(c2c(C(F)(F)F)cnc3[nH]cc(NC(=O)c4cnccn4)c23)C1. The van der Waals surface area contributed by atoms with E-state index in [9.17, 15) is 55.1 Å². The number of hydrogen-bond acceptors (Lipinski definition) is 28. The zero-order chi connectivity index (χ0) is 100.0. The van der Waals surface area contributed by atoms with Gasteiger partial charge in [0.15, 0.2) is 5.69 Å². The van der Waals surface area contributed by atoms with Gasteiger partial charge < -0.3 is 105 Å². The van der Waals surface area contributed by atoms with Gasteiger partial charge in [0.2, 0.25) is 0 Å². The minimum Gasteiger partial charge on any atom is -0.369 e. The minimum absolute atomic E-state index is 0.0183. The van der Waals surface area contributed by atoms with E-state index in [4.69, 9.17) is 28.7 Å². The van der Waals surface area contributed by atoms with Crippen molar-refractivity contribution in [3.05, 3.63) is 223 Å². The van der Waals surface area contributed by atoms with E-state index in [2.05, 4.69) is 174 Å². The molecule has 5 aliphatic heterocycles. The highest BCUT2D eigenvalue weighted by atomic mass is 79.9. The van der Waals surface area contributed by atoms with Crippen LogP contribution in [0.4, 0.5) is 83.2 Å². The Labute approximate surface area is 829 Å². The lowest BCUT2D eigenvalue weighted by Gasteiger charge is -2.34. The molecule has 15 aromatic heterocycles. The number of aryl methyl sites for hydroxylation is 2. The van der Waals surface area contributed by atoms with E-state index in [0.717, 1.165) is 166 Å². The molecule has 142 heavy (non-hydrogen) atoms. The summed E-state index contributed by atoms with van der Waals surface area (Å²) < 4.78 is 88.0. The highest BCUT2D eigenvalue weighted by Crippen LogP contribution is 2.48. The molecule has 0 spiro atoms. The number of nitrogens with one attached hydrogen (secondary N) is 10. The number of nitrogens with zero attached hydrogens (tertiary/aromatic N) is 19. The third-order valence-electron chi connectivity index (χ3n) is 24.5. The fraction of sp³-hybridized carbons (Fsp3) is 0.312. The van der Waals surface area contributed by atoms with Gasteiger partial charge in [-0.15, -0.1) is 0 Å². The molecule has 5 fully saturated rings. The van der Waals surface area contributed by atoms with Gasteiger partial charge in [0.25, 0.3) is 35.1 Å². The maximum Gasteiger partial charge on any atom is 0.419 e. The van der Waals surface area contributed by atoms with Crippen LogP contribution in [-0.4, -0.2) is 220 Å². The van der Waals surface area contributed by atoms with Crippen LogP contribution >= 0.6 is 47.8 Å². The molecule has 738 valence electrons. The number of amides is 5. The number of fused-ring (bicyclic) bond motifs is 6. The lowest BCUT2D eigenvalue weighted by Crippen LogP contribution is -2.43. The first-order valence-corrected chi connectivity index (χ1v) is 47.8. The van der Waals surface area contributed by atoms with Gasteiger partial charge in [0, 0.05) is 203 Å². The van der Waals surface area contributed by atoms with Gasteiger partial charge in [-0.1, -0.05) is 18.2 Å². The third-order valence-corrected chi connectivity index (χ3v) is 26.2. The molecule has 49 heteroatoms. The van der Waals surface area contributed by atoms with Crippen molar-refractivity contribution in [3.8, 4) is 0 Å². The summed E-state index contributed by atoms with van der Waals surface area (Å²) in [5.41, 5.74) is 38.7. The zero-order valence-corrected chi connectivity index (χ0v) is 81.0. The van der Waals surface area contributed by atoms with Crippen molar-refractivity contribution >= 4 is 200 Å². The Morgan fingerprint density at radius 2 is 0.711 bits per heavy atom. The van der Waals surface area contributed by atoms with Crippen molar-refractivity contribution in [2.75, 3.05) is 117 Å². The van der Waals surface area contributed by atoms with Crippen LogP contribution in [0.5, 0.6) is 0 Å². The van der Waals surface area contributed by atoms with Gasteiger partial charge in [-0.05, 0) is 148 Å². The van der Waals surface area contributed by atoms with Gasteiger partial charge in [-0.3, -0.25) is 48.4 Å². The molecule has 20 heterocycles. The average Bonchev–Trinajstić information content (AvgIpc) is 1.57. The van der Waals surface area contributed by atoms with Crippen LogP contribution in [-0.2, 0) is 26.4 Å². The number of hydrogen-bond donors (Lipinski definition) is 15. The summed E-state index contributed by atoms with van der Waals surface area (Å²) in [6.45, 7) is 6.41. The Kier molecular flexibility index (Phi) is 29.9. The maximum atomic E-state index is 13.8. The largest absolute Gasteiger partial charge is 0.419 e. The van der Waals surface area contributed by atoms with E-state index in [1.54, 1.807) is 83.1 Å². The number of rotatable bonds is 15. The van der Waals surface area contributed by atoms with Crippen molar-refractivity contribution in [1.29, 1.82) is 0 Å². The van der Waals surface area contributed by atoms with Crippen LogP contribution < -0.4 is 85.3 Å². The lowest BCUT2D eigenvalue weighted by atomic mass is 10.0. The summed E-state index contributed by atoms with van der Waals surface area (Å²) in [7, 11) is 3.28. The van der Waals surface area contributed by atoms with E-state index in [-0.39, 0.29) is 122 Å². The fourth-order valence-corrected chi connectivity index (χ4v) is 19.6. The number of H-pyrrole nitrogens is 5. The zero-order valence-electron chi connectivity index (χ0n) is 76.3. The molecule has 20 N–H and O–H groups in total. The number of halogens is 9. The molecular formula is C93H97Br3F6N34O6. The van der Waals surface area contributed by atoms with Crippen LogP contribution in [0.25, 0.3) is 66.2 Å². The summed E-state index contributed by atoms with van der Waals surface area (Å²) in [6.07, 6.45) is 23.5. The van der Waals surface area contributed by atoms with Crippen LogP contribution in [0.15, 0.2) is 178 Å². The monoisotopic (exact) mass is 2140 g/mol. The molecule has 0 radical (unpaired) electrons. The van der Waals surface area contributed by atoms with Crippen LogP contribution in [0, 0.1) is 0 Å². The Hall–Kier alpha value is -14.5. The Morgan fingerprint density at radius 1 is 0.366 bits per heavy atom. The minimum atomic E-state index is -4.61. The topological polar surface area (TPSA) is 552 Å². The molecule has 5 amide bonds. The molecule has 0 aliphatic carbocycles. The second-order valence-electron chi connectivity index (χ2n) is 34.6. The van der Waals surface area contributed by atoms with Crippen molar-refractivity contribution in [1.82, 2.24) is 94.3 Å². The molecule has 16 aromatic rings. The second-order valence-corrected chi connectivity index (χ2v) is 37.2. The van der Waals surface area contributed by atoms with E-state index < -0.39 is 41.2 Å². The summed E-state index contributed by atoms with van der Waals surface area (Å²) >= 11 is 10.9. The molecule has 40 nitrogen and oxygen atoms in total. The molecule has 0 unspecified atom stereocenters. The predicted molar refractivity (Wildman–Crippen MR) is 539 cm³/mol. The Morgan fingerprint density at radius 3 is 1.06 bits per heavy atom. The lowest BCUT2D eigenvalue weighted by molar-refractivity contribution is -0.138. The number of carbonyl (C=O) groups excluding carboxylic acids is 5. The van der Waals surface area contributed by atoms with Crippen LogP contribution in [0.3, 0.4) is 0 Å². The van der Waals surface area contributed by atoms with E-state index >= 15 is 0 Å². The first-order valence-electron chi connectivity index (χ1n) is 45.4. The number of para-hydroxylation sites is 2. The molecule has 5 atom stereocenters. The highest BCUT2D eigenvalue weighted by Gasteiger charge is 2.41. The maximum absolute atomic E-state index is 13.8. The first kappa shape index (κ1) is 99.1. The number of piperidine rings is 5. The van der Waals surface area contributed by atoms with Gasteiger partial charge in [0.05, 0.1) is 132 Å². The molecule has 21 rings (SSSR count).